The summed E-state index contributed by atoms with van der Waals surface area (Å²) in [6, 6.07) is 6.90. The van der Waals surface area contributed by atoms with E-state index in [0.717, 1.165) is 43.3 Å². The molecule has 2 aliphatic rings. The number of carbonyl (C=O) groups excluding carboxylic acids is 1. The molecule has 3 heteroatoms. The molecule has 1 aliphatic heterocycles. The molecular weight excluding hydrogens is 260 g/mol. The molecule has 1 aliphatic carbocycles. The maximum absolute atomic E-state index is 12.7. The average Bonchev–Trinajstić information content (AvgIpc) is 3.01. The molecule has 0 unspecified atom stereocenters. The van der Waals surface area contributed by atoms with Crippen LogP contribution in [0.4, 0.5) is 0 Å². The second-order valence-electron chi connectivity index (χ2n) is 6.58. The van der Waals surface area contributed by atoms with Crippen LogP contribution in [0.5, 0.6) is 0 Å². The Hall–Kier alpha value is -1.35. The van der Waals surface area contributed by atoms with E-state index in [9.17, 15) is 4.79 Å². The first-order chi connectivity index (χ1) is 10.1. The number of carbonyl (C=O) groups is 1. The Morgan fingerprint density at radius 1 is 1.05 bits per heavy atom. The third-order valence-corrected chi connectivity index (χ3v) is 5.05. The molecule has 1 aromatic carbocycles. The zero-order valence-electron chi connectivity index (χ0n) is 13.3. The first kappa shape index (κ1) is 14.6. The molecule has 0 N–H and O–H groups in total. The van der Waals surface area contributed by atoms with Crippen molar-refractivity contribution in [1.29, 1.82) is 0 Å². The molecule has 1 saturated carbocycles. The number of hydrogen-bond donors (Lipinski definition) is 0. The van der Waals surface area contributed by atoms with E-state index in [1.807, 2.05) is 24.0 Å². The summed E-state index contributed by atoms with van der Waals surface area (Å²) >= 11 is 0. The number of amides is 1. The molecule has 21 heavy (non-hydrogen) atoms. The lowest BCUT2D eigenvalue weighted by Gasteiger charge is -2.38. The van der Waals surface area contributed by atoms with Crippen molar-refractivity contribution in [3.63, 3.8) is 0 Å². The van der Waals surface area contributed by atoms with Crippen molar-refractivity contribution < 1.29 is 4.79 Å². The molecule has 0 atom stereocenters. The van der Waals surface area contributed by atoms with E-state index < -0.39 is 0 Å². The summed E-state index contributed by atoms with van der Waals surface area (Å²) in [5, 5.41) is 0. The number of rotatable bonds is 2. The standard InChI is InChI=1S/C18H26N2O/c1-14-7-8-17(15(2)13-14)18(21)20-11-9-19(10-12-20)16-5-3-4-6-16/h7-8,13,16H,3-6,9-12H2,1-2H3. The van der Waals surface area contributed by atoms with Crippen LogP contribution >= 0.6 is 0 Å². The van der Waals surface area contributed by atoms with Gasteiger partial charge in [0.05, 0.1) is 0 Å². The van der Waals surface area contributed by atoms with Crippen molar-refractivity contribution in [3.05, 3.63) is 34.9 Å². The van der Waals surface area contributed by atoms with E-state index in [1.165, 1.54) is 31.2 Å². The van der Waals surface area contributed by atoms with Gasteiger partial charge in [0.15, 0.2) is 0 Å². The Kier molecular flexibility index (Phi) is 4.29. The Labute approximate surface area is 127 Å². The summed E-state index contributed by atoms with van der Waals surface area (Å²) in [5.41, 5.74) is 3.18. The molecule has 3 rings (SSSR count). The van der Waals surface area contributed by atoms with Crippen LogP contribution < -0.4 is 0 Å². The number of benzene rings is 1. The highest BCUT2D eigenvalue weighted by atomic mass is 16.2. The lowest BCUT2D eigenvalue weighted by molar-refractivity contribution is 0.0572. The molecule has 114 valence electrons. The van der Waals surface area contributed by atoms with E-state index in [2.05, 4.69) is 17.9 Å². The predicted molar refractivity (Wildman–Crippen MR) is 85.6 cm³/mol. The molecule has 1 aromatic rings. The van der Waals surface area contributed by atoms with Crippen molar-refractivity contribution in [2.45, 2.75) is 45.6 Å². The van der Waals surface area contributed by atoms with Crippen LogP contribution in [0.3, 0.4) is 0 Å². The molecule has 1 amide bonds. The van der Waals surface area contributed by atoms with Gasteiger partial charge in [-0.15, -0.1) is 0 Å². The maximum Gasteiger partial charge on any atom is 0.254 e. The van der Waals surface area contributed by atoms with Crippen LogP contribution in [0.15, 0.2) is 18.2 Å². The van der Waals surface area contributed by atoms with Crippen molar-refractivity contribution in [1.82, 2.24) is 9.80 Å². The van der Waals surface area contributed by atoms with Crippen molar-refractivity contribution in [2.24, 2.45) is 0 Å². The van der Waals surface area contributed by atoms with Crippen LogP contribution in [0, 0.1) is 13.8 Å². The molecule has 1 heterocycles. The zero-order valence-corrected chi connectivity index (χ0v) is 13.3. The summed E-state index contributed by atoms with van der Waals surface area (Å²) < 4.78 is 0. The fourth-order valence-electron chi connectivity index (χ4n) is 3.78. The molecule has 0 spiro atoms. The number of aryl methyl sites for hydroxylation is 2. The van der Waals surface area contributed by atoms with Gasteiger partial charge in [-0.25, -0.2) is 0 Å². The third-order valence-electron chi connectivity index (χ3n) is 5.05. The van der Waals surface area contributed by atoms with Crippen LogP contribution in [-0.4, -0.2) is 47.9 Å². The van der Waals surface area contributed by atoms with E-state index in [4.69, 9.17) is 0 Å². The first-order valence-electron chi connectivity index (χ1n) is 8.26. The lowest BCUT2D eigenvalue weighted by atomic mass is 10.0. The van der Waals surface area contributed by atoms with Gasteiger partial charge in [-0.3, -0.25) is 9.69 Å². The highest BCUT2D eigenvalue weighted by molar-refractivity contribution is 5.95. The lowest BCUT2D eigenvalue weighted by Crippen LogP contribution is -2.51. The topological polar surface area (TPSA) is 23.6 Å². The van der Waals surface area contributed by atoms with Gasteiger partial charge in [-0.05, 0) is 38.3 Å². The number of piperazine rings is 1. The molecule has 0 bridgehead atoms. The van der Waals surface area contributed by atoms with Gasteiger partial charge < -0.3 is 4.90 Å². The van der Waals surface area contributed by atoms with Crippen molar-refractivity contribution in [3.8, 4) is 0 Å². The summed E-state index contributed by atoms with van der Waals surface area (Å²) in [5.74, 6) is 0.207. The molecule has 2 fully saturated rings. The van der Waals surface area contributed by atoms with Gasteiger partial charge in [-0.1, -0.05) is 30.5 Å². The SMILES string of the molecule is Cc1ccc(C(=O)N2CCN(C3CCCC3)CC2)c(C)c1. The summed E-state index contributed by atoms with van der Waals surface area (Å²) in [6.07, 6.45) is 5.47. The summed E-state index contributed by atoms with van der Waals surface area (Å²) in [6.45, 7) is 7.95. The fourth-order valence-corrected chi connectivity index (χ4v) is 3.78. The number of nitrogens with zero attached hydrogens (tertiary/aromatic N) is 2. The van der Waals surface area contributed by atoms with Gasteiger partial charge in [-0.2, -0.15) is 0 Å². The molecule has 0 aromatic heterocycles. The second-order valence-corrected chi connectivity index (χ2v) is 6.58. The Balaban J connectivity index is 1.62. The zero-order chi connectivity index (χ0) is 14.8. The predicted octanol–water partition coefficient (Wildman–Crippen LogP) is 3.00. The van der Waals surface area contributed by atoms with Gasteiger partial charge in [0.1, 0.15) is 0 Å². The Morgan fingerprint density at radius 3 is 2.33 bits per heavy atom. The fraction of sp³-hybridized carbons (Fsp3) is 0.611. The molecule has 1 saturated heterocycles. The van der Waals surface area contributed by atoms with Crippen LogP contribution in [0.2, 0.25) is 0 Å². The van der Waals surface area contributed by atoms with Crippen LogP contribution in [0.1, 0.15) is 47.2 Å². The Morgan fingerprint density at radius 2 is 1.71 bits per heavy atom. The molecular formula is C18H26N2O. The quantitative estimate of drug-likeness (QED) is 0.834. The van der Waals surface area contributed by atoms with Gasteiger partial charge in [0.2, 0.25) is 0 Å². The highest BCUT2D eigenvalue weighted by Crippen LogP contribution is 2.24. The third kappa shape index (κ3) is 3.13. The average molecular weight is 286 g/mol. The number of hydrogen-bond acceptors (Lipinski definition) is 2. The smallest absolute Gasteiger partial charge is 0.254 e. The van der Waals surface area contributed by atoms with E-state index in [1.54, 1.807) is 0 Å². The van der Waals surface area contributed by atoms with Gasteiger partial charge >= 0.3 is 0 Å². The van der Waals surface area contributed by atoms with Gasteiger partial charge in [0.25, 0.3) is 5.91 Å². The molecule has 0 radical (unpaired) electrons. The minimum Gasteiger partial charge on any atom is -0.336 e. The maximum atomic E-state index is 12.7. The van der Waals surface area contributed by atoms with Gasteiger partial charge in [0, 0.05) is 37.8 Å². The normalized spacial score (nSPS) is 21.0. The van der Waals surface area contributed by atoms with E-state index in [-0.39, 0.29) is 5.91 Å². The van der Waals surface area contributed by atoms with Crippen LogP contribution in [0.25, 0.3) is 0 Å². The largest absolute Gasteiger partial charge is 0.336 e. The monoisotopic (exact) mass is 286 g/mol. The highest BCUT2D eigenvalue weighted by Gasteiger charge is 2.28. The first-order valence-corrected chi connectivity index (χ1v) is 8.26. The minimum absolute atomic E-state index is 0.207. The van der Waals surface area contributed by atoms with Crippen LogP contribution in [-0.2, 0) is 0 Å². The minimum atomic E-state index is 0.207. The molecule has 3 nitrogen and oxygen atoms in total. The van der Waals surface area contributed by atoms with E-state index in [0.29, 0.717) is 0 Å². The summed E-state index contributed by atoms with van der Waals surface area (Å²) in [7, 11) is 0. The van der Waals surface area contributed by atoms with Crippen molar-refractivity contribution in [2.75, 3.05) is 26.2 Å². The summed E-state index contributed by atoms with van der Waals surface area (Å²) in [4.78, 5) is 17.3. The van der Waals surface area contributed by atoms with Crippen molar-refractivity contribution >= 4 is 5.91 Å². The second kappa shape index (κ2) is 6.18. The van der Waals surface area contributed by atoms with E-state index >= 15 is 0 Å². The Bertz CT molecular complexity index is 512.